The van der Waals surface area contributed by atoms with Crippen molar-refractivity contribution in [3.8, 4) is 28.6 Å². The van der Waals surface area contributed by atoms with E-state index in [-0.39, 0.29) is 11.2 Å². The Balaban J connectivity index is 1.65. The normalized spacial score (nSPS) is 11.7. The Labute approximate surface area is 207 Å². The highest BCUT2D eigenvalue weighted by molar-refractivity contribution is 8.00. The van der Waals surface area contributed by atoms with Gasteiger partial charge < -0.3 is 14.8 Å². The number of hydrogen-bond acceptors (Lipinski definition) is 7. The topological polar surface area (TPSA) is 78.3 Å². The van der Waals surface area contributed by atoms with E-state index in [1.807, 2.05) is 84.5 Å². The van der Waals surface area contributed by atoms with Crippen LogP contribution in [-0.4, -0.2) is 39.6 Å². The SMILES string of the molecule is CCOc1ccc(-n2c(S[C@H](C)C(=O)NCc3cccs3)nnc2-c2ccccc2OC)cc1. The minimum absolute atomic E-state index is 0.0570. The highest BCUT2D eigenvalue weighted by Crippen LogP contribution is 2.34. The molecule has 1 amide bonds. The average Bonchev–Trinajstić information content (AvgIpc) is 3.53. The Hall–Kier alpha value is -3.30. The maximum atomic E-state index is 12.8. The van der Waals surface area contributed by atoms with Crippen LogP contribution in [0.1, 0.15) is 18.7 Å². The predicted molar refractivity (Wildman–Crippen MR) is 136 cm³/mol. The number of aromatic nitrogens is 3. The molecule has 7 nitrogen and oxygen atoms in total. The Morgan fingerprint density at radius 1 is 1.12 bits per heavy atom. The van der Waals surface area contributed by atoms with Gasteiger partial charge in [0.1, 0.15) is 11.5 Å². The first-order chi connectivity index (χ1) is 16.6. The summed E-state index contributed by atoms with van der Waals surface area (Å²) in [6, 6.07) is 19.4. The van der Waals surface area contributed by atoms with Crippen LogP contribution in [0.5, 0.6) is 11.5 Å². The molecule has 4 rings (SSSR count). The maximum Gasteiger partial charge on any atom is 0.233 e. The molecule has 4 aromatic rings. The summed E-state index contributed by atoms with van der Waals surface area (Å²) in [6.07, 6.45) is 0. The number of hydrogen-bond donors (Lipinski definition) is 1. The van der Waals surface area contributed by atoms with Crippen molar-refractivity contribution in [1.29, 1.82) is 0 Å². The lowest BCUT2D eigenvalue weighted by Gasteiger charge is -2.15. The summed E-state index contributed by atoms with van der Waals surface area (Å²) in [5.41, 5.74) is 1.68. The number of para-hydroxylation sites is 1. The fourth-order valence-corrected chi connectivity index (χ4v) is 4.92. The van der Waals surface area contributed by atoms with Gasteiger partial charge in [-0.05, 0) is 61.7 Å². The highest BCUT2D eigenvalue weighted by atomic mass is 32.2. The van der Waals surface area contributed by atoms with Crippen molar-refractivity contribution in [2.45, 2.75) is 30.8 Å². The second-order valence-corrected chi connectivity index (χ2v) is 9.67. The first-order valence-electron chi connectivity index (χ1n) is 10.9. The van der Waals surface area contributed by atoms with Crippen LogP contribution in [0.25, 0.3) is 17.1 Å². The first kappa shape index (κ1) is 23.8. The lowest BCUT2D eigenvalue weighted by molar-refractivity contribution is -0.120. The fourth-order valence-electron chi connectivity index (χ4n) is 3.38. The van der Waals surface area contributed by atoms with Gasteiger partial charge in [-0.1, -0.05) is 30.0 Å². The van der Waals surface area contributed by atoms with Gasteiger partial charge >= 0.3 is 0 Å². The second kappa shape index (κ2) is 11.2. The lowest BCUT2D eigenvalue weighted by atomic mass is 10.2. The fraction of sp³-hybridized carbons (Fsp3) is 0.240. The molecule has 0 saturated carbocycles. The van der Waals surface area contributed by atoms with Crippen LogP contribution in [0.15, 0.2) is 71.2 Å². The Kier molecular flexibility index (Phi) is 7.87. The average molecular weight is 495 g/mol. The number of thioether (sulfide) groups is 1. The molecule has 0 spiro atoms. The molecule has 0 aliphatic rings. The number of benzene rings is 2. The summed E-state index contributed by atoms with van der Waals surface area (Å²) in [7, 11) is 1.63. The molecule has 1 N–H and O–H groups in total. The van der Waals surface area contributed by atoms with E-state index in [1.54, 1.807) is 18.4 Å². The molecule has 2 heterocycles. The van der Waals surface area contributed by atoms with Crippen molar-refractivity contribution >= 4 is 29.0 Å². The Bertz CT molecular complexity index is 1220. The molecule has 0 aliphatic heterocycles. The van der Waals surface area contributed by atoms with Crippen LogP contribution in [0, 0.1) is 0 Å². The van der Waals surface area contributed by atoms with Crippen LogP contribution in [-0.2, 0) is 11.3 Å². The molecule has 0 fully saturated rings. The first-order valence-corrected chi connectivity index (χ1v) is 12.7. The van der Waals surface area contributed by atoms with Crippen LogP contribution in [0.3, 0.4) is 0 Å². The van der Waals surface area contributed by atoms with Crippen molar-refractivity contribution in [1.82, 2.24) is 20.1 Å². The number of thiophene rings is 1. The summed E-state index contributed by atoms with van der Waals surface area (Å²) in [4.78, 5) is 13.9. The van der Waals surface area contributed by atoms with Crippen LogP contribution in [0.4, 0.5) is 0 Å². The predicted octanol–water partition coefficient (Wildman–Crippen LogP) is 5.20. The van der Waals surface area contributed by atoms with Crippen molar-refractivity contribution < 1.29 is 14.3 Å². The van der Waals surface area contributed by atoms with E-state index in [9.17, 15) is 4.79 Å². The number of nitrogens with zero attached hydrogens (tertiary/aromatic N) is 3. The van der Waals surface area contributed by atoms with Crippen molar-refractivity contribution in [3.63, 3.8) is 0 Å². The third kappa shape index (κ3) is 5.43. The molecule has 176 valence electrons. The number of amides is 1. The third-order valence-electron chi connectivity index (χ3n) is 5.06. The summed E-state index contributed by atoms with van der Waals surface area (Å²) < 4.78 is 13.1. The second-order valence-electron chi connectivity index (χ2n) is 7.33. The monoisotopic (exact) mass is 494 g/mol. The minimum atomic E-state index is -0.365. The van der Waals surface area contributed by atoms with Crippen LogP contribution in [0.2, 0.25) is 0 Å². The largest absolute Gasteiger partial charge is 0.496 e. The van der Waals surface area contributed by atoms with Crippen LogP contribution >= 0.6 is 23.1 Å². The summed E-state index contributed by atoms with van der Waals surface area (Å²) in [5, 5.41) is 14.2. The molecular weight excluding hydrogens is 468 g/mol. The van der Waals surface area contributed by atoms with Gasteiger partial charge in [-0.2, -0.15) is 0 Å². The molecule has 0 aliphatic carbocycles. The number of carbonyl (C=O) groups is 1. The van der Waals surface area contributed by atoms with Crippen molar-refractivity contribution in [3.05, 3.63) is 70.9 Å². The smallest absolute Gasteiger partial charge is 0.233 e. The van der Waals surface area contributed by atoms with Gasteiger partial charge in [-0.15, -0.1) is 21.5 Å². The standard InChI is InChI=1S/C25H26N4O3S2/c1-4-32-19-13-11-18(12-14-19)29-23(21-9-5-6-10-22(21)31-3)27-28-25(29)34-17(2)24(30)26-16-20-8-7-15-33-20/h5-15,17H,4,16H2,1-3H3,(H,26,30)/t17-/m1/s1. The van der Waals surface area contributed by atoms with E-state index in [4.69, 9.17) is 9.47 Å². The Morgan fingerprint density at radius 3 is 2.62 bits per heavy atom. The quantitative estimate of drug-likeness (QED) is 0.305. The van der Waals surface area contributed by atoms with Gasteiger partial charge in [0, 0.05) is 4.88 Å². The van der Waals surface area contributed by atoms with Gasteiger partial charge in [-0.25, -0.2) is 0 Å². The lowest BCUT2D eigenvalue weighted by Crippen LogP contribution is -2.30. The molecule has 0 saturated heterocycles. The summed E-state index contributed by atoms with van der Waals surface area (Å²) >= 11 is 2.98. The summed E-state index contributed by atoms with van der Waals surface area (Å²) in [5.74, 6) is 2.06. The van der Waals surface area contributed by atoms with Crippen LogP contribution < -0.4 is 14.8 Å². The number of ether oxygens (including phenoxy) is 2. The molecule has 0 radical (unpaired) electrons. The number of methoxy groups -OCH3 is 1. The van der Waals surface area contributed by atoms with E-state index < -0.39 is 0 Å². The van der Waals surface area contributed by atoms with E-state index in [0.717, 1.165) is 21.9 Å². The van der Waals surface area contributed by atoms with E-state index >= 15 is 0 Å². The molecule has 9 heteroatoms. The highest BCUT2D eigenvalue weighted by Gasteiger charge is 2.23. The zero-order valence-electron chi connectivity index (χ0n) is 19.2. The number of carbonyl (C=O) groups excluding carboxylic acids is 1. The van der Waals surface area contributed by atoms with Gasteiger partial charge in [0.2, 0.25) is 5.91 Å². The molecule has 0 bridgehead atoms. The third-order valence-corrected chi connectivity index (χ3v) is 6.97. The summed E-state index contributed by atoms with van der Waals surface area (Å²) in [6.45, 7) is 4.93. The minimum Gasteiger partial charge on any atom is -0.496 e. The van der Waals surface area contributed by atoms with E-state index in [0.29, 0.717) is 29.9 Å². The van der Waals surface area contributed by atoms with E-state index in [2.05, 4.69) is 15.5 Å². The van der Waals surface area contributed by atoms with Crippen molar-refractivity contribution in [2.24, 2.45) is 0 Å². The van der Waals surface area contributed by atoms with Gasteiger partial charge in [0.05, 0.1) is 36.8 Å². The molecule has 1 atom stereocenters. The molecule has 2 aromatic carbocycles. The number of nitrogens with one attached hydrogen (secondary N) is 1. The van der Waals surface area contributed by atoms with Gasteiger partial charge in [-0.3, -0.25) is 9.36 Å². The maximum absolute atomic E-state index is 12.8. The zero-order valence-corrected chi connectivity index (χ0v) is 20.9. The van der Waals surface area contributed by atoms with Crippen molar-refractivity contribution in [2.75, 3.05) is 13.7 Å². The molecule has 0 unspecified atom stereocenters. The molecular formula is C25H26N4O3S2. The zero-order chi connectivity index (χ0) is 23.9. The Morgan fingerprint density at radius 2 is 1.91 bits per heavy atom. The number of rotatable bonds is 10. The van der Waals surface area contributed by atoms with E-state index in [1.165, 1.54) is 11.8 Å². The molecule has 2 aromatic heterocycles. The van der Waals surface area contributed by atoms with Gasteiger partial charge in [0.15, 0.2) is 11.0 Å². The molecule has 34 heavy (non-hydrogen) atoms. The van der Waals surface area contributed by atoms with Gasteiger partial charge in [0.25, 0.3) is 0 Å².